The van der Waals surface area contributed by atoms with Crippen LogP contribution in [0.4, 0.5) is 0 Å². The number of carbonyl (C=O) groups excluding carboxylic acids is 1. The molecule has 2 heterocycles. The number of aromatic nitrogens is 1. The Morgan fingerprint density at radius 2 is 2.50 bits per heavy atom. The maximum absolute atomic E-state index is 11.9. The van der Waals surface area contributed by atoms with Gasteiger partial charge in [-0.15, -0.1) is 17.9 Å². The van der Waals surface area contributed by atoms with E-state index in [1.165, 1.54) is 28.5 Å². The van der Waals surface area contributed by atoms with Crippen LogP contribution in [0.3, 0.4) is 0 Å². The topological polar surface area (TPSA) is 82.5 Å². The lowest BCUT2D eigenvalue weighted by Crippen LogP contribution is -2.41. The molecule has 8 heteroatoms. The summed E-state index contributed by atoms with van der Waals surface area (Å²) in [5, 5.41) is 13.6. The predicted molar refractivity (Wildman–Crippen MR) is 87.6 cm³/mol. The average Bonchev–Trinajstić information content (AvgIpc) is 3.09. The molecule has 1 aromatic heterocycles. The van der Waals surface area contributed by atoms with Crippen molar-refractivity contribution in [2.24, 2.45) is 0 Å². The molecule has 0 spiro atoms. The zero-order valence-corrected chi connectivity index (χ0v) is 13.8. The number of hydrogen-bond acceptors (Lipinski definition) is 6. The minimum absolute atomic E-state index is 0.0799. The van der Waals surface area contributed by atoms with Gasteiger partial charge in [0.15, 0.2) is 10.0 Å². The van der Waals surface area contributed by atoms with E-state index in [1.807, 2.05) is 4.90 Å². The molecule has 1 aliphatic rings. The van der Waals surface area contributed by atoms with Crippen molar-refractivity contribution in [3.8, 4) is 0 Å². The summed E-state index contributed by atoms with van der Waals surface area (Å²) in [4.78, 5) is 28.6. The van der Waals surface area contributed by atoms with E-state index in [4.69, 9.17) is 5.11 Å². The number of thiazole rings is 1. The third-order valence-electron chi connectivity index (χ3n) is 3.38. The highest BCUT2D eigenvalue weighted by Crippen LogP contribution is 2.24. The molecule has 1 aromatic rings. The first-order chi connectivity index (χ1) is 10.6. The molecule has 0 radical (unpaired) electrons. The maximum Gasteiger partial charge on any atom is 0.355 e. The van der Waals surface area contributed by atoms with E-state index in [2.05, 4.69) is 16.9 Å². The summed E-state index contributed by atoms with van der Waals surface area (Å²) in [6, 6.07) is 0.235. The maximum atomic E-state index is 11.9. The molecule has 120 valence electrons. The van der Waals surface area contributed by atoms with Gasteiger partial charge in [-0.2, -0.15) is 0 Å². The monoisotopic (exact) mass is 341 g/mol. The molecular weight excluding hydrogens is 322 g/mol. The van der Waals surface area contributed by atoms with Gasteiger partial charge in [-0.3, -0.25) is 4.79 Å². The van der Waals surface area contributed by atoms with E-state index in [9.17, 15) is 9.59 Å². The van der Waals surface area contributed by atoms with Crippen molar-refractivity contribution < 1.29 is 14.7 Å². The zero-order valence-electron chi connectivity index (χ0n) is 12.2. The van der Waals surface area contributed by atoms with E-state index in [-0.39, 0.29) is 17.6 Å². The van der Waals surface area contributed by atoms with Gasteiger partial charge >= 0.3 is 5.97 Å². The summed E-state index contributed by atoms with van der Waals surface area (Å²) in [6.45, 7) is 5.84. The molecule has 0 saturated carbocycles. The van der Waals surface area contributed by atoms with Gasteiger partial charge in [0.2, 0.25) is 5.91 Å². The Kier molecular flexibility index (Phi) is 6.41. The highest BCUT2D eigenvalue weighted by Gasteiger charge is 2.29. The minimum Gasteiger partial charge on any atom is -0.476 e. The molecule has 1 aliphatic heterocycles. The number of rotatable bonds is 9. The Labute approximate surface area is 137 Å². The van der Waals surface area contributed by atoms with Gasteiger partial charge < -0.3 is 15.3 Å². The predicted octanol–water partition coefficient (Wildman–Crippen LogP) is 1.70. The largest absolute Gasteiger partial charge is 0.476 e. The standard InChI is InChI=1S/C14H19N3O3S2/c1-2-5-15-8-10-3-4-12(18)17(10)6-7-21-14-16-11(9-22-14)13(19)20/h2,9-10,15H,1,3-8H2,(H,19,20)/t10-/m1/s1. The van der Waals surface area contributed by atoms with Gasteiger partial charge in [0.25, 0.3) is 0 Å². The van der Waals surface area contributed by atoms with Crippen molar-refractivity contribution in [1.29, 1.82) is 0 Å². The molecule has 2 rings (SSSR count). The first-order valence-corrected chi connectivity index (χ1v) is 8.91. The van der Waals surface area contributed by atoms with E-state index in [0.717, 1.165) is 29.6 Å². The van der Waals surface area contributed by atoms with Crippen LogP contribution in [0.5, 0.6) is 0 Å². The number of nitrogens with one attached hydrogen (secondary N) is 1. The smallest absolute Gasteiger partial charge is 0.355 e. The van der Waals surface area contributed by atoms with Gasteiger partial charge in [0, 0.05) is 43.2 Å². The van der Waals surface area contributed by atoms with Crippen molar-refractivity contribution in [2.45, 2.75) is 23.2 Å². The molecule has 1 saturated heterocycles. The van der Waals surface area contributed by atoms with Crippen LogP contribution in [0.2, 0.25) is 0 Å². The lowest BCUT2D eigenvalue weighted by atomic mass is 10.2. The van der Waals surface area contributed by atoms with Crippen LogP contribution in [-0.4, -0.2) is 58.3 Å². The molecule has 1 amide bonds. The highest BCUT2D eigenvalue weighted by atomic mass is 32.2. The summed E-state index contributed by atoms with van der Waals surface area (Å²) in [6.07, 6.45) is 3.29. The second kappa shape index (κ2) is 8.30. The van der Waals surface area contributed by atoms with Crippen molar-refractivity contribution in [3.63, 3.8) is 0 Å². The van der Waals surface area contributed by atoms with Crippen molar-refractivity contribution in [3.05, 3.63) is 23.7 Å². The Morgan fingerprint density at radius 3 is 3.18 bits per heavy atom. The van der Waals surface area contributed by atoms with Crippen LogP contribution < -0.4 is 5.32 Å². The van der Waals surface area contributed by atoms with E-state index in [1.54, 1.807) is 6.08 Å². The molecular formula is C14H19N3O3S2. The van der Waals surface area contributed by atoms with Crippen LogP contribution in [0, 0.1) is 0 Å². The number of carbonyl (C=O) groups is 2. The van der Waals surface area contributed by atoms with E-state index >= 15 is 0 Å². The summed E-state index contributed by atoms with van der Waals surface area (Å²) in [5.74, 6) is -0.0986. The fourth-order valence-corrected chi connectivity index (χ4v) is 4.13. The number of carboxylic acid groups (broad SMARTS) is 1. The number of amides is 1. The SMILES string of the molecule is C=CCNC[C@H]1CCC(=O)N1CCSc1nc(C(=O)O)cs1. The quantitative estimate of drug-likeness (QED) is 0.404. The highest BCUT2D eigenvalue weighted by molar-refractivity contribution is 8.01. The summed E-state index contributed by atoms with van der Waals surface area (Å²) >= 11 is 2.81. The number of carboxylic acids is 1. The van der Waals surface area contributed by atoms with E-state index in [0.29, 0.717) is 13.0 Å². The first kappa shape index (κ1) is 17.0. The van der Waals surface area contributed by atoms with Gasteiger partial charge in [-0.25, -0.2) is 9.78 Å². The van der Waals surface area contributed by atoms with Crippen molar-refractivity contribution in [2.75, 3.05) is 25.4 Å². The fraction of sp³-hybridized carbons (Fsp3) is 0.500. The van der Waals surface area contributed by atoms with Gasteiger partial charge in [-0.1, -0.05) is 17.8 Å². The molecule has 2 N–H and O–H groups in total. The molecule has 0 bridgehead atoms. The number of nitrogens with zero attached hydrogens (tertiary/aromatic N) is 2. The molecule has 0 aromatic carbocycles. The number of aromatic carboxylic acids is 1. The first-order valence-electron chi connectivity index (χ1n) is 7.04. The molecule has 6 nitrogen and oxygen atoms in total. The van der Waals surface area contributed by atoms with Gasteiger partial charge in [0.1, 0.15) is 0 Å². The third kappa shape index (κ3) is 4.56. The average molecular weight is 341 g/mol. The molecule has 1 atom stereocenters. The second-order valence-corrected chi connectivity index (χ2v) is 7.08. The van der Waals surface area contributed by atoms with Crippen LogP contribution >= 0.6 is 23.1 Å². The van der Waals surface area contributed by atoms with E-state index < -0.39 is 5.97 Å². The number of likely N-dealkylation sites (tertiary alicyclic amines) is 1. The summed E-state index contributed by atoms with van der Waals surface area (Å²) < 4.78 is 0.727. The molecule has 0 aliphatic carbocycles. The molecule has 0 unspecified atom stereocenters. The van der Waals surface area contributed by atoms with Crippen LogP contribution in [-0.2, 0) is 4.79 Å². The zero-order chi connectivity index (χ0) is 15.9. The Bertz CT molecular complexity index is 547. The molecule has 1 fully saturated rings. The van der Waals surface area contributed by atoms with Gasteiger partial charge in [-0.05, 0) is 6.42 Å². The Morgan fingerprint density at radius 1 is 1.68 bits per heavy atom. The second-order valence-electron chi connectivity index (χ2n) is 4.88. The van der Waals surface area contributed by atoms with Crippen LogP contribution in [0.1, 0.15) is 23.3 Å². The van der Waals surface area contributed by atoms with Crippen LogP contribution in [0.25, 0.3) is 0 Å². The Balaban J connectivity index is 1.79. The minimum atomic E-state index is -1.01. The number of thioether (sulfide) groups is 1. The fourth-order valence-electron chi connectivity index (χ4n) is 2.32. The van der Waals surface area contributed by atoms with Crippen molar-refractivity contribution in [1.82, 2.24) is 15.2 Å². The summed E-state index contributed by atoms with van der Waals surface area (Å²) in [7, 11) is 0. The van der Waals surface area contributed by atoms with Crippen LogP contribution in [0.15, 0.2) is 22.4 Å². The lowest BCUT2D eigenvalue weighted by molar-refractivity contribution is -0.128. The molecule has 22 heavy (non-hydrogen) atoms. The summed E-state index contributed by atoms with van der Waals surface area (Å²) in [5.41, 5.74) is 0.0799. The Hall–Kier alpha value is -1.38. The number of hydrogen-bond donors (Lipinski definition) is 2. The normalized spacial score (nSPS) is 17.9. The van der Waals surface area contributed by atoms with Gasteiger partial charge in [0.05, 0.1) is 0 Å². The van der Waals surface area contributed by atoms with Crippen molar-refractivity contribution >= 4 is 35.0 Å². The lowest BCUT2D eigenvalue weighted by Gasteiger charge is -2.24. The third-order valence-corrected chi connectivity index (χ3v) is 5.38.